The van der Waals surface area contributed by atoms with Crippen LogP contribution in [0.15, 0.2) is 22.7 Å². The fraction of sp³-hybridized carbons (Fsp3) is 0.385. The summed E-state index contributed by atoms with van der Waals surface area (Å²) in [6.07, 6.45) is 2.97. The predicted octanol–water partition coefficient (Wildman–Crippen LogP) is 3.46. The third-order valence-electron chi connectivity index (χ3n) is 3.52. The first-order chi connectivity index (χ1) is 8.58. The molecule has 0 aliphatic heterocycles. The molecular formula is C13H15Cl2N3O. The molecule has 0 radical (unpaired) electrons. The van der Waals surface area contributed by atoms with Gasteiger partial charge in [0.1, 0.15) is 0 Å². The second-order valence-electron chi connectivity index (χ2n) is 4.90. The molecule has 1 aliphatic rings. The summed E-state index contributed by atoms with van der Waals surface area (Å²) in [7, 11) is 0. The van der Waals surface area contributed by atoms with E-state index in [1.54, 1.807) is 0 Å². The summed E-state index contributed by atoms with van der Waals surface area (Å²) in [4.78, 5) is 4.40. The van der Waals surface area contributed by atoms with Crippen LogP contribution in [0.25, 0.3) is 11.5 Å². The van der Waals surface area contributed by atoms with Gasteiger partial charge in [0.15, 0.2) is 5.82 Å². The molecular weight excluding hydrogens is 285 g/mol. The highest BCUT2D eigenvalue weighted by Gasteiger charge is 2.39. The first-order valence-electron chi connectivity index (χ1n) is 5.98. The number of benzene rings is 1. The van der Waals surface area contributed by atoms with Crippen LogP contribution in [0.1, 0.15) is 30.7 Å². The van der Waals surface area contributed by atoms with Crippen molar-refractivity contribution in [2.45, 2.75) is 31.7 Å². The van der Waals surface area contributed by atoms with Crippen molar-refractivity contribution in [2.75, 3.05) is 0 Å². The molecule has 6 heteroatoms. The minimum Gasteiger partial charge on any atom is -0.334 e. The molecule has 0 atom stereocenters. The lowest BCUT2D eigenvalue weighted by molar-refractivity contribution is 0.229. The van der Waals surface area contributed by atoms with Gasteiger partial charge in [-0.05, 0) is 49.9 Å². The second kappa shape index (κ2) is 5.12. The Morgan fingerprint density at radius 1 is 1.37 bits per heavy atom. The summed E-state index contributed by atoms with van der Waals surface area (Å²) in [6, 6.07) is 5.64. The maximum absolute atomic E-state index is 6.16. The van der Waals surface area contributed by atoms with Crippen molar-refractivity contribution >= 4 is 24.0 Å². The maximum Gasteiger partial charge on any atom is 0.258 e. The zero-order chi connectivity index (χ0) is 12.8. The summed E-state index contributed by atoms with van der Waals surface area (Å²) < 4.78 is 5.28. The highest BCUT2D eigenvalue weighted by atomic mass is 35.5. The molecule has 0 saturated heterocycles. The number of aromatic nitrogens is 2. The van der Waals surface area contributed by atoms with Gasteiger partial charge in [0, 0.05) is 10.6 Å². The van der Waals surface area contributed by atoms with Crippen LogP contribution in [-0.2, 0) is 5.54 Å². The lowest BCUT2D eigenvalue weighted by Gasteiger charge is -2.34. The van der Waals surface area contributed by atoms with Crippen molar-refractivity contribution in [2.24, 2.45) is 5.73 Å². The predicted molar refractivity (Wildman–Crippen MR) is 76.4 cm³/mol. The van der Waals surface area contributed by atoms with Gasteiger partial charge in [-0.3, -0.25) is 0 Å². The molecule has 1 fully saturated rings. The molecule has 3 rings (SSSR count). The van der Waals surface area contributed by atoms with Gasteiger partial charge >= 0.3 is 0 Å². The molecule has 1 aromatic carbocycles. The molecule has 1 aliphatic carbocycles. The third-order valence-corrected chi connectivity index (χ3v) is 3.95. The van der Waals surface area contributed by atoms with Crippen LogP contribution < -0.4 is 5.73 Å². The zero-order valence-electron chi connectivity index (χ0n) is 10.5. The van der Waals surface area contributed by atoms with Gasteiger partial charge < -0.3 is 10.3 Å². The van der Waals surface area contributed by atoms with Crippen LogP contribution >= 0.6 is 24.0 Å². The highest BCUT2D eigenvalue weighted by molar-refractivity contribution is 6.31. The number of nitrogens with two attached hydrogens (primary N) is 1. The molecule has 0 bridgehead atoms. The lowest BCUT2D eigenvalue weighted by atomic mass is 9.77. The Kier molecular flexibility index (Phi) is 3.85. The number of halogens is 2. The van der Waals surface area contributed by atoms with Crippen molar-refractivity contribution in [3.8, 4) is 11.5 Å². The van der Waals surface area contributed by atoms with E-state index < -0.39 is 0 Å². The average Bonchev–Trinajstić information content (AvgIpc) is 2.79. The number of rotatable bonds is 2. The fourth-order valence-corrected chi connectivity index (χ4v) is 2.22. The maximum atomic E-state index is 6.16. The molecule has 0 amide bonds. The van der Waals surface area contributed by atoms with E-state index in [9.17, 15) is 0 Å². The van der Waals surface area contributed by atoms with E-state index in [-0.39, 0.29) is 17.9 Å². The molecule has 19 heavy (non-hydrogen) atoms. The quantitative estimate of drug-likeness (QED) is 0.922. The number of hydrogen-bond acceptors (Lipinski definition) is 4. The molecule has 0 unspecified atom stereocenters. The molecule has 1 heterocycles. The van der Waals surface area contributed by atoms with Crippen LogP contribution in [0.2, 0.25) is 5.02 Å². The zero-order valence-corrected chi connectivity index (χ0v) is 12.1. The van der Waals surface area contributed by atoms with Gasteiger partial charge in [0.2, 0.25) is 0 Å². The van der Waals surface area contributed by atoms with E-state index in [4.69, 9.17) is 21.9 Å². The Balaban J connectivity index is 0.00000133. The summed E-state index contributed by atoms with van der Waals surface area (Å²) in [6.45, 7) is 1.94. The number of nitrogens with zero attached hydrogens (tertiary/aromatic N) is 2. The Bertz CT molecular complexity index is 593. The number of hydrogen-bond donors (Lipinski definition) is 1. The molecule has 0 spiro atoms. The summed E-state index contributed by atoms with van der Waals surface area (Å²) in [5.74, 6) is 1.11. The molecule has 102 valence electrons. The van der Waals surface area contributed by atoms with E-state index in [0.29, 0.717) is 11.7 Å². The van der Waals surface area contributed by atoms with Crippen molar-refractivity contribution < 1.29 is 4.52 Å². The standard InChI is InChI=1S/C13H14ClN3O.ClH/c1-8-7-9(3-4-10(8)14)11-16-12(17-18-11)13(15)5-2-6-13;/h3-4,7H,2,5-6,15H2,1H3;1H. The molecule has 1 aromatic heterocycles. The van der Waals surface area contributed by atoms with Gasteiger partial charge in [0.05, 0.1) is 5.54 Å². The fourth-order valence-electron chi connectivity index (χ4n) is 2.10. The molecule has 2 N–H and O–H groups in total. The Morgan fingerprint density at radius 2 is 2.11 bits per heavy atom. The van der Waals surface area contributed by atoms with Crippen LogP contribution in [0.3, 0.4) is 0 Å². The van der Waals surface area contributed by atoms with Gasteiger partial charge in [-0.25, -0.2) is 0 Å². The van der Waals surface area contributed by atoms with Crippen molar-refractivity contribution in [1.29, 1.82) is 0 Å². The van der Waals surface area contributed by atoms with Gasteiger partial charge in [-0.15, -0.1) is 12.4 Å². The summed E-state index contributed by atoms with van der Waals surface area (Å²) in [5.41, 5.74) is 7.64. The minimum atomic E-state index is -0.386. The van der Waals surface area contributed by atoms with E-state index >= 15 is 0 Å². The largest absolute Gasteiger partial charge is 0.334 e. The van der Waals surface area contributed by atoms with Gasteiger partial charge in [0.25, 0.3) is 5.89 Å². The van der Waals surface area contributed by atoms with Crippen molar-refractivity contribution in [3.05, 3.63) is 34.6 Å². The summed E-state index contributed by atoms with van der Waals surface area (Å²) in [5, 5.41) is 4.72. The van der Waals surface area contributed by atoms with Gasteiger partial charge in [-0.1, -0.05) is 16.8 Å². The smallest absolute Gasteiger partial charge is 0.258 e. The van der Waals surface area contributed by atoms with E-state index in [0.717, 1.165) is 35.4 Å². The monoisotopic (exact) mass is 299 g/mol. The highest BCUT2D eigenvalue weighted by Crippen LogP contribution is 2.37. The van der Waals surface area contributed by atoms with E-state index in [1.807, 2.05) is 25.1 Å². The SMILES string of the molecule is Cc1cc(-c2nc(C3(N)CCC3)no2)ccc1Cl.Cl. The van der Waals surface area contributed by atoms with E-state index in [2.05, 4.69) is 10.1 Å². The Hall–Kier alpha value is -1.10. The number of aryl methyl sites for hydroxylation is 1. The first kappa shape index (κ1) is 14.3. The van der Waals surface area contributed by atoms with Crippen molar-refractivity contribution in [1.82, 2.24) is 10.1 Å². The average molecular weight is 300 g/mol. The molecule has 1 saturated carbocycles. The second-order valence-corrected chi connectivity index (χ2v) is 5.30. The van der Waals surface area contributed by atoms with E-state index in [1.165, 1.54) is 0 Å². The Morgan fingerprint density at radius 3 is 2.68 bits per heavy atom. The van der Waals surface area contributed by atoms with Crippen LogP contribution in [0.5, 0.6) is 0 Å². The van der Waals surface area contributed by atoms with Crippen LogP contribution in [-0.4, -0.2) is 10.1 Å². The van der Waals surface area contributed by atoms with Crippen molar-refractivity contribution in [3.63, 3.8) is 0 Å². The van der Waals surface area contributed by atoms with Gasteiger partial charge in [-0.2, -0.15) is 4.98 Å². The molecule has 2 aromatic rings. The first-order valence-corrected chi connectivity index (χ1v) is 6.36. The van der Waals surface area contributed by atoms with Crippen LogP contribution in [0.4, 0.5) is 0 Å². The molecule has 4 nitrogen and oxygen atoms in total. The topological polar surface area (TPSA) is 64.9 Å². The summed E-state index contributed by atoms with van der Waals surface area (Å²) >= 11 is 5.99. The third kappa shape index (κ3) is 2.48. The lowest BCUT2D eigenvalue weighted by Crippen LogP contribution is -2.44. The Labute approximate surface area is 122 Å². The van der Waals surface area contributed by atoms with Crippen LogP contribution in [0, 0.1) is 6.92 Å². The normalized spacial score (nSPS) is 16.6. The minimum absolute atomic E-state index is 0.